The molecular weight excluding hydrogens is 202 g/mol. The third-order valence-electron chi connectivity index (χ3n) is 2.97. The fraction of sp³-hybridized carbons (Fsp3) is 0.0769. The molecule has 16 heavy (non-hydrogen) atoms. The number of nitrogens with zero attached hydrogens (tertiary/aromatic N) is 1. The maximum atomic E-state index is 11.8. The molecule has 3 heteroatoms. The highest BCUT2D eigenvalue weighted by molar-refractivity contribution is 6.26. The van der Waals surface area contributed by atoms with Gasteiger partial charge < -0.3 is 4.57 Å². The molecule has 0 saturated heterocycles. The van der Waals surface area contributed by atoms with Gasteiger partial charge in [-0.1, -0.05) is 0 Å². The molecule has 3 nitrogen and oxygen atoms in total. The van der Waals surface area contributed by atoms with Gasteiger partial charge in [-0.25, -0.2) is 0 Å². The molecule has 0 aliphatic heterocycles. The highest BCUT2D eigenvalue weighted by atomic mass is 16.1. The highest BCUT2D eigenvalue weighted by Crippen LogP contribution is 2.26. The van der Waals surface area contributed by atoms with E-state index in [1.54, 1.807) is 6.07 Å². The van der Waals surface area contributed by atoms with Crippen molar-refractivity contribution in [2.75, 3.05) is 0 Å². The van der Waals surface area contributed by atoms with Gasteiger partial charge in [0.15, 0.2) is 11.6 Å². The van der Waals surface area contributed by atoms with Crippen molar-refractivity contribution < 1.29 is 9.59 Å². The predicted molar refractivity (Wildman–Crippen MR) is 60.7 cm³/mol. The molecule has 1 aromatic heterocycles. The van der Waals surface area contributed by atoms with E-state index in [-0.39, 0.29) is 11.6 Å². The van der Waals surface area contributed by atoms with Crippen LogP contribution in [0.15, 0.2) is 36.5 Å². The fourth-order valence-electron chi connectivity index (χ4n) is 2.15. The van der Waals surface area contributed by atoms with Crippen molar-refractivity contribution in [3.63, 3.8) is 0 Å². The first-order chi connectivity index (χ1) is 7.68. The summed E-state index contributed by atoms with van der Waals surface area (Å²) in [6.45, 7) is 0. The van der Waals surface area contributed by atoms with Crippen LogP contribution in [-0.2, 0) is 7.05 Å². The summed E-state index contributed by atoms with van der Waals surface area (Å²) in [5, 5.41) is 0.850. The zero-order valence-electron chi connectivity index (χ0n) is 8.73. The summed E-state index contributed by atoms with van der Waals surface area (Å²) in [6.07, 6.45) is 4.57. The minimum Gasteiger partial charge on any atom is -0.351 e. The van der Waals surface area contributed by atoms with Gasteiger partial charge in [0.05, 0.1) is 0 Å². The first-order valence-corrected chi connectivity index (χ1v) is 5.03. The van der Waals surface area contributed by atoms with E-state index < -0.39 is 0 Å². The Morgan fingerprint density at radius 2 is 1.75 bits per heavy atom. The molecule has 0 spiro atoms. The first-order valence-electron chi connectivity index (χ1n) is 5.03. The smallest absolute Gasteiger partial charge is 0.187 e. The van der Waals surface area contributed by atoms with Gasteiger partial charge in [-0.15, -0.1) is 0 Å². The van der Waals surface area contributed by atoms with Crippen molar-refractivity contribution in [3.05, 3.63) is 47.7 Å². The van der Waals surface area contributed by atoms with Crippen molar-refractivity contribution in [1.29, 1.82) is 0 Å². The second kappa shape index (κ2) is 2.92. The molecule has 0 radical (unpaired) electrons. The van der Waals surface area contributed by atoms with E-state index in [2.05, 4.69) is 0 Å². The molecule has 1 aliphatic carbocycles. The maximum absolute atomic E-state index is 11.8. The number of allylic oxidation sites excluding steroid dienone is 2. The molecule has 0 bridgehead atoms. The molecule has 2 aromatic rings. The number of rotatable bonds is 0. The molecule has 78 valence electrons. The van der Waals surface area contributed by atoms with Gasteiger partial charge in [0.1, 0.15) is 0 Å². The number of hydrogen-bond acceptors (Lipinski definition) is 2. The molecule has 0 atom stereocenters. The Morgan fingerprint density at radius 1 is 1.00 bits per heavy atom. The van der Waals surface area contributed by atoms with E-state index in [0.717, 1.165) is 10.9 Å². The van der Waals surface area contributed by atoms with Crippen LogP contribution in [0, 0.1) is 0 Å². The zero-order valence-corrected chi connectivity index (χ0v) is 8.73. The lowest BCUT2D eigenvalue weighted by Crippen LogP contribution is -2.11. The Bertz CT molecular complexity index is 662. The SMILES string of the molecule is Cn1ccc2c3c(ccc21)C(=O)C=CC3=O. The van der Waals surface area contributed by atoms with Gasteiger partial charge in [-0.2, -0.15) is 0 Å². The molecule has 0 fully saturated rings. The molecule has 0 amide bonds. The molecule has 3 rings (SSSR count). The van der Waals surface area contributed by atoms with Gasteiger partial charge in [0.25, 0.3) is 0 Å². The summed E-state index contributed by atoms with van der Waals surface area (Å²) >= 11 is 0. The van der Waals surface area contributed by atoms with Crippen molar-refractivity contribution in [2.45, 2.75) is 0 Å². The van der Waals surface area contributed by atoms with Crippen LogP contribution < -0.4 is 0 Å². The standard InChI is InChI=1S/C13H9NO2/c1-14-7-6-8-10(14)3-2-9-11(15)4-5-12(16)13(8)9/h2-7H,1H3. The second-order valence-corrected chi connectivity index (χ2v) is 3.91. The summed E-state index contributed by atoms with van der Waals surface area (Å²) in [6, 6.07) is 5.47. The quantitative estimate of drug-likeness (QED) is 0.669. The lowest BCUT2D eigenvalue weighted by atomic mass is 9.92. The van der Waals surface area contributed by atoms with Crippen LogP contribution in [-0.4, -0.2) is 16.1 Å². The van der Waals surface area contributed by atoms with Crippen LogP contribution >= 0.6 is 0 Å². The number of benzene rings is 1. The number of ketones is 2. The molecular formula is C13H9NO2. The van der Waals surface area contributed by atoms with Crippen molar-refractivity contribution in [1.82, 2.24) is 4.57 Å². The summed E-state index contributed by atoms with van der Waals surface area (Å²) in [4.78, 5) is 23.4. The zero-order chi connectivity index (χ0) is 11.3. The third kappa shape index (κ3) is 1.03. The highest BCUT2D eigenvalue weighted by Gasteiger charge is 2.21. The van der Waals surface area contributed by atoms with Crippen LogP contribution in [0.3, 0.4) is 0 Å². The Morgan fingerprint density at radius 3 is 2.56 bits per heavy atom. The number of hydrogen-bond donors (Lipinski definition) is 0. The van der Waals surface area contributed by atoms with Gasteiger partial charge >= 0.3 is 0 Å². The van der Waals surface area contributed by atoms with Gasteiger partial charge in [-0.3, -0.25) is 9.59 Å². The average molecular weight is 211 g/mol. The van der Waals surface area contributed by atoms with Crippen LogP contribution in [0.25, 0.3) is 10.9 Å². The predicted octanol–water partition coefficient (Wildman–Crippen LogP) is 2.11. The molecule has 1 aliphatic rings. The Balaban J connectivity index is 2.48. The molecule has 0 unspecified atom stereocenters. The lowest BCUT2D eigenvalue weighted by Gasteiger charge is -2.10. The van der Waals surface area contributed by atoms with Gasteiger partial charge in [-0.05, 0) is 30.4 Å². The Kier molecular flexibility index (Phi) is 1.66. The summed E-state index contributed by atoms with van der Waals surface area (Å²) in [7, 11) is 1.92. The van der Waals surface area contributed by atoms with Crippen molar-refractivity contribution in [3.8, 4) is 0 Å². The van der Waals surface area contributed by atoms with Crippen LogP contribution in [0.1, 0.15) is 20.7 Å². The van der Waals surface area contributed by atoms with Crippen LogP contribution in [0.5, 0.6) is 0 Å². The van der Waals surface area contributed by atoms with Crippen molar-refractivity contribution in [2.24, 2.45) is 7.05 Å². The largest absolute Gasteiger partial charge is 0.351 e. The van der Waals surface area contributed by atoms with E-state index in [1.165, 1.54) is 12.2 Å². The average Bonchev–Trinajstić information content (AvgIpc) is 2.66. The number of carbonyl (C=O) groups is 2. The number of fused-ring (bicyclic) bond motifs is 3. The number of aryl methyl sites for hydroxylation is 1. The fourth-order valence-corrected chi connectivity index (χ4v) is 2.15. The van der Waals surface area contributed by atoms with Gasteiger partial charge in [0.2, 0.25) is 0 Å². The molecule has 1 heterocycles. The Labute approximate surface area is 92.0 Å². The number of aromatic nitrogens is 1. The first kappa shape index (κ1) is 9.09. The number of carbonyl (C=O) groups excluding carboxylic acids is 2. The topological polar surface area (TPSA) is 39.1 Å². The van der Waals surface area contributed by atoms with E-state index in [9.17, 15) is 9.59 Å². The van der Waals surface area contributed by atoms with E-state index in [1.807, 2.05) is 29.9 Å². The van der Waals surface area contributed by atoms with E-state index in [0.29, 0.717) is 11.1 Å². The van der Waals surface area contributed by atoms with Crippen molar-refractivity contribution >= 4 is 22.5 Å². The monoisotopic (exact) mass is 211 g/mol. The summed E-state index contributed by atoms with van der Waals surface area (Å²) in [5.74, 6) is -0.188. The second-order valence-electron chi connectivity index (χ2n) is 3.91. The third-order valence-corrected chi connectivity index (χ3v) is 2.97. The molecule has 0 N–H and O–H groups in total. The molecule has 1 aromatic carbocycles. The normalized spacial score (nSPS) is 14.6. The maximum Gasteiger partial charge on any atom is 0.187 e. The lowest BCUT2D eigenvalue weighted by molar-refractivity contribution is 0.0995. The minimum atomic E-state index is -0.0969. The van der Waals surface area contributed by atoms with Gasteiger partial charge in [0, 0.05) is 35.3 Å². The van der Waals surface area contributed by atoms with E-state index >= 15 is 0 Å². The summed E-state index contributed by atoms with van der Waals surface area (Å²) in [5.41, 5.74) is 2.01. The minimum absolute atomic E-state index is 0.0913. The van der Waals surface area contributed by atoms with Crippen LogP contribution in [0.2, 0.25) is 0 Å². The Hall–Kier alpha value is -2.16. The summed E-state index contributed by atoms with van der Waals surface area (Å²) < 4.78 is 1.94. The van der Waals surface area contributed by atoms with Crippen LogP contribution in [0.4, 0.5) is 0 Å². The van der Waals surface area contributed by atoms with E-state index in [4.69, 9.17) is 0 Å². The molecule has 0 saturated carbocycles.